The molecule has 108 valence electrons. The molecule has 2 aromatic carbocycles. The van der Waals surface area contributed by atoms with Gasteiger partial charge in [-0.15, -0.1) is 0 Å². The van der Waals surface area contributed by atoms with Crippen LogP contribution in [0.1, 0.15) is 21.8 Å². The zero-order valence-electron chi connectivity index (χ0n) is 12.0. The molecule has 0 saturated heterocycles. The SMILES string of the molecule is COc1cccc(C2COc3cc(OC)ccc3C2=O)c1. The second kappa shape index (κ2) is 5.48. The Morgan fingerprint density at radius 2 is 1.81 bits per heavy atom. The van der Waals surface area contributed by atoms with Crippen molar-refractivity contribution in [3.05, 3.63) is 53.6 Å². The van der Waals surface area contributed by atoms with Gasteiger partial charge in [-0.25, -0.2) is 0 Å². The van der Waals surface area contributed by atoms with E-state index in [0.717, 1.165) is 11.3 Å². The van der Waals surface area contributed by atoms with Crippen molar-refractivity contribution in [2.24, 2.45) is 0 Å². The summed E-state index contributed by atoms with van der Waals surface area (Å²) in [7, 11) is 3.20. The normalized spacial score (nSPS) is 16.9. The Balaban J connectivity index is 1.94. The Hall–Kier alpha value is -2.49. The summed E-state index contributed by atoms with van der Waals surface area (Å²) < 4.78 is 16.1. The fourth-order valence-corrected chi connectivity index (χ4v) is 2.49. The molecular weight excluding hydrogens is 268 g/mol. The van der Waals surface area contributed by atoms with Gasteiger partial charge in [0.25, 0.3) is 0 Å². The summed E-state index contributed by atoms with van der Waals surface area (Å²) in [5, 5.41) is 0. The average Bonchev–Trinajstić information content (AvgIpc) is 2.55. The summed E-state index contributed by atoms with van der Waals surface area (Å²) in [6.07, 6.45) is 0. The average molecular weight is 284 g/mol. The van der Waals surface area contributed by atoms with Gasteiger partial charge in [0.2, 0.25) is 0 Å². The van der Waals surface area contributed by atoms with Crippen LogP contribution >= 0.6 is 0 Å². The van der Waals surface area contributed by atoms with Crippen molar-refractivity contribution in [3.8, 4) is 17.2 Å². The lowest BCUT2D eigenvalue weighted by molar-refractivity contribution is 0.0896. The van der Waals surface area contributed by atoms with E-state index >= 15 is 0 Å². The highest BCUT2D eigenvalue weighted by Crippen LogP contribution is 2.35. The van der Waals surface area contributed by atoms with E-state index in [1.807, 2.05) is 24.3 Å². The van der Waals surface area contributed by atoms with Gasteiger partial charge in [-0.1, -0.05) is 12.1 Å². The summed E-state index contributed by atoms with van der Waals surface area (Å²) in [5.41, 5.74) is 1.50. The molecule has 1 aliphatic rings. The number of ketones is 1. The monoisotopic (exact) mass is 284 g/mol. The summed E-state index contributed by atoms with van der Waals surface area (Å²) in [5.74, 6) is 1.76. The van der Waals surface area contributed by atoms with E-state index in [1.165, 1.54) is 0 Å². The van der Waals surface area contributed by atoms with Crippen LogP contribution in [0.4, 0.5) is 0 Å². The van der Waals surface area contributed by atoms with Crippen molar-refractivity contribution >= 4 is 5.78 Å². The molecule has 4 nitrogen and oxygen atoms in total. The molecule has 1 atom stereocenters. The van der Waals surface area contributed by atoms with Gasteiger partial charge in [0.1, 0.15) is 23.9 Å². The van der Waals surface area contributed by atoms with Crippen LogP contribution in [0.5, 0.6) is 17.2 Å². The molecule has 1 heterocycles. The predicted octanol–water partition coefficient (Wildman–Crippen LogP) is 3.06. The maximum Gasteiger partial charge on any atom is 0.177 e. The van der Waals surface area contributed by atoms with Crippen molar-refractivity contribution in [2.75, 3.05) is 20.8 Å². The number of hydrogen-bond acceptors (Lipinski definition) is 4. The van der Waals surface area contributed by atoms with Crippen LogP contribution < -0.4 is 14.2 Å². The number of methoxy groups -OCH3 is 2. The number of Topliss-reactive ketones (excluding diaryl/α,β-unsaturated/α-hetero) is 1. The van der Waals surface area contributed by atoms with Gasteiger partial charge in [-0.2, -0.15) is 0 Å². The number of carbonyl (C=O) groups is 1. The lowest BCUT2D eigenvalue weighted by Gasteiger charge is -2.25. The predicted molar refractivity (Wildman–Crippen MR) is 78.6 cm³/mol. The van der Waals surface area contributed by atoms with E-state index in [2.05, 4.69) is 0 Å². The minimum atomic E-state index is -0.305. The first kappa shape index (κ1) is 13.5. The maximum atomic E-state index is 12.7. The Labute approximate surface area is 123 Å². The van der Waals surface area contributed by atoms with Gasteiger partial charge in [0, 0.05) is 6.07 Å². The van der Waals surface area contributed by atoms with Crippen molar-refractivity contribution in [2.45, 2.75) is 5.92 Å². The number of fused-ring (bicyclic) bond motifs is 1. The van der Waals surface area contributed by atoms with Crippen LogP contribution in [-0.4, -0.2) is 26.6 Å². The van der Waals surface area contributed by atoms with E-state index in [1.54, 1.807) is 32.4 Å². The highest BCUT2D eigenvalue weighted by atomic mass is 16.5. The third-order valence-electron chi connectivity index (χ3n) is 3.67. The van der Waals surface area contributed by atoms with Gasteiger partial charge in [0.05, 0.1) is 25.7 Å². The summed E-state index contributed by atoms with van der Waals surface area (Å²) in [6, 6.07) is 12.8. The lowest BCUT2D eigenvalue weighted by atomic mass is 9.89. The Bertz CT molecular complexity index is 678. The molecule has 1 aliphatic heterocycles. The van der Waals surface area contributed by atoms with Gasteiger partial charge in [0.15, 0.2) is 5.78 Å². The molecule has 4 heteroatoms. The standard InChI is InChI=1S/C17H16O4/c1-19-12-5-3-4-11(8-12)15-10-21-16-9-13(20-2)6-7-14(16)17(15)18/h3-9,15H,10H2,1-2H3. The van der Waals surface area contributed by atoms with E-state index < -0.39 is 0 Å². The first-order valence-electron chi connectivity index (χ1n) is 6.72. The highest BCUT2D eigenvalue weighted by Gasteiger charge is 2.30. The molecule has 0 bridgehead atoms. The minimum absolute atomic E-state index is 0.0622. The highest BCUT2D eigenvalue weighted by molar-refractivity contribution is 6.04. The summed E-state index contributed by atoms with van der Waals surface area (Å²) >= 11 is 0. The smallest absolute Gasteiger partial charge is 0.177 e. The van der Waals surface area contributed by atoms with Crippen molar-refractivity contribution in [1.82, 2.24) is 0 Å². The molecule has 0 N–H and O–H groups in total. The number of rotatable bonds is 3. The van der Waals surface area contributed by atoms with E-state index in [0.29, 0.717) is 23.7 Å². The molecule has 0 amide bonds. The van der Waals surface area contributed by atoms with E-state index in [9.17, 15) is 4.79 Å². The van der Waals surface area contributed by atoms with Crippen LogP contribution in [0.25, 0.3) is 0 Å². The van der Waals surface area contributed by atoms with Gasteiger partial charge in [-0.3, -0.25) is 4.79 Å². The topological polar surface area (TPSA) is 44.8 Å². The Morgan fingerprint density at radius 3 is 2.57 bits per heavy atom. The second-order valence-electron chi connectivity index (χ2n) is 4.87. The second-order valence-corrected chi connectivity index (χ2v) is 4.87. The van der Waals surface area contributed by atoms with Crippen LogP contribution in [0.3, 0.4) is 0 Å². The van der Waals surface area contributed by atoms with Crippen LogP contribution in [-0.2, 0) is 0 Å². The lowest BCUT2D eigenvalue weighted by Crippen LogP contribution is -2.26. The van der Waals surface area contributed by atoms with Gasteiger partial charge in [-0.05, 0) is 29.8 Å². The first-order valence-corrected chi connectivity index (χ1v) is 6.72. The number of hydrogen-bond donors (Lipinski definition) is 0. The fraction of sp³-hybridized carbons (Fsp3) is 0.235. The molecule has 21 heavy (non-hydrogen) atoms. The molecule has 0 saturated carbocycles. The third kappa shape index (κ3) is 2.44. The van der Waals surface area contributed by atoms with Crippen molar-refractivity contribution < 1.29 is 19.0 Å². The zero-order valence-corrected chi connectivity index (χ0v) is 12.0. The molecule has 0 aliphatic carbocycles. The molecule has 0 fully saturated rings. The molecule has 0 radical (unpaired) electrons. The maximum absolute atomic E-state index is 12.7. The first-order chi connectivity index (χ1) is 10.2. The van der Waals surface area contributed by atoms with Gasteiger partial charge >= 0.3 is 0 Å². The van der Waals surface area contributed by atoms with Crippen LogP contribution in [0.15, 0.2) is 42.5 Å². The molecule has 2 aromatic rings. The summed E-state index contributed by atoms with van der Waals surface area (Å²) in [4.78, 5) is 12.7. The fourth-order valence-electron chi connectivity index (χ4n) is 2.49. The van der Waals surface area contributed by atoms with Gasteiger partial charge < -0.3 is 14.2 Å². The molecule has 1 unspecified atom stereocenters. The Kier molecular flexibility index (Phi) is 3.52. The summed E-state index contributed by atoms with van der Waals surface area (Å²) in [6.45, 7) is 0.326. The quantitative estimate of drug-likeness (QED) is 0.869. The van der Waals surface area contributed by atoms with Crippen molar-refractivity contribution in [1.29, 1.82) is 0 Å². The van der Waals surface area contributed by atoms with Crippen molar-refractivity contribution in [3.63, 3.8) is 0 Å². The molecule has 0 aromatic heterocycles. The minimum Gasteiger partial charge on any atom is -0.497 e. The number of benzene rings is 2. The van der Waals surface area contributed by atoms with E-state index in [4.69, 9.17) is 14.2 Å². The van der Waals surface area contributed by atoms with Crippen LogP contribution in [0.2, 0.25) is 0 Å². The molecule has 0 spiro atoms. The largest absolute Gasteiger partial charge is 0.497 e. The molecular formula is C17H16O4. The van der Waals surface area contributed by atoms with E-state index in [-0.39, 0.29) is 11.7 Å². The molecule has 3 rings (SSSR count). The van der Waals surface area contributed by atoms with Crippen LogP contribution in [0, 0.1) is 0 Å². The number of carbonyl (C=O) groups excluding carboxylic acids is 1. The third-order valence-corrected chi connectivity index (χ3v) is 3.67. The Morgan fingerprint density at radius 1 is 1.05 bits per heavy atom. The number of ether oxygens (including phenoxy) is 3. The zero-order chi connectivity index (χ0) is 14.8.